The van der Waals surface area contributed by atoms with Gasteiger partial charge in [0.2, 0.25) is 0 Å². The van der Waals surface area contributed by atoms with E-state index in [-0.39, 0.29) is 16.2 Å². The van der Waals surface area contributed by atoms with Crippen molar-refractivity contribution < 1.29 is 0 Å². The van der Waals surface area contributed by atoms with Gasteiger partial charge in [-0.2, -0.15) is 0 Å². The van der Waals surface area contributed by atoms with Crippen molar-refractivity contribution in [3.63, 3.8) is 0 Å². The molecule has 0 amide bonds. The molecule has 11 saturated carbocycles. The molecule has 11 rings (SSSR count). The fraction of sp³-hybridized carbons (Fsp3) is 1.00. The van der Waals surface area contributed by atoms with Gasteiger partial charge in [0.05, 0.1) is 0 Å². The molecule has 10 bridgehead atoms. The van der Waals surface area contributed by atoms with Crippen molar-refractivity contribution in [1.82, 2.24) is 0 Å². The molecule has 0 aromatic rings. The minimum Gasteiger partial charge on any atom is -0.0820 e. The van der Waals surface area contributed by atoms with Crippen molar-refractivity contribution in [2.45, 2.75) is 295 Å². The summed E-state index contributed by atoms with van der Waals surface area (Å²) in [5, 5.41) is 0. The van der Waals surface area contributed by atoms with Crippen LogP contribution in [0.3, 0.4) is 0 Å². The van der Waals surface area contributed by atoms with Crippen LogP contribution in [-0.4, -0.2) is 11.3 Å². The molecular formula is C79H139I3. The van der Waals surface area contributed by atoms with Crippen LogP contribution in [0.4, 0.5) is 0 Å². The van der Waals surface area contributed by atoms with Crippen molar-refractivity contribution in [2.24, 2.45) is 197 Å². The summed E-state index contributed by atoms with van der Waals surface area (Å²) in [6.45, 7) is 74.9. The van der Waals surface area contributed by atoms with Crippen LogP contribution in [0.5, 0.6) is 0 Å². The van der Waals surface area contributed by atoms with Crippen molar-refractivity contribution in [2.75, 3.05) is 0 Å². The Kier molecular flexibility index (Phi) is 19.5. The summed E-state index contributed by atoms with van der Waals surface area (Å²) in [7, 11) is 0. The average molecular weight is 1470 g/mol. The lowest BCUT2D eigenvalue weighted by atomic mass is 9.22. The number of rotatable bonds is 10. The normalized spacial score (nSPS) is 54.0. The Morgan fingerprint density at radius 2 is 1.21 bits per heavy atom. The van der Waals surface area contributed by atoms with E-state index in [4.69, 9.17) is 0 Å². The zero-order valence-electron chi connectivity index (χ0n) is 59.4. The van der Waals surface area contributed by atoms with Gasteiger partial charge in [0.25, 0.3) is 0 Å². The number of halogens is 3. The smallest absolute Gasteiger partial charge is 0.0315 e. The van der Waals surface area contributed by atoms with E-state index in [1.165, 1.54) is 96.3 Å². The monoisotopic (exact) mass is 1470 g/mol. The molecule has 0 N–H and O–H groups in total. The molecule has 82 heavy (non-hydrogen) atoms. The second-order valence-corrected chi connectivity index (χ2v) is 43.1. The van der Waals surface area contributed by atoms with E-state index in [0.29, 0.717) is 40.3 Å². The highest BCUT2D eigenvalue weighted by atomic mass is 127. The summed E-state index contributed by atoms with van der Waals surface area (Å²) < 4.78 is 1.86. The Morgan fingerprint density at radius 1 is 0.610 bits per heavy atom. The van der Waals surface area contributed by atoms with Crippen LogP contribution in [0.15, 0.2) is 0 Å². The maximum absolute atomic E-state index is 3.38. The molecule has 0 aromatic heterocycles. The fourth-order valence-corrected chi connectivity index (χ4v) is 34.4. The Labute approximate surface area is 554 Å². The molecular weight excluding hydrogens is 1330 g/mol. The maximum atomic E-state index is 3.38. The topological polar surface area (TPSA) is 0 Å². The Morgan fingerprint density at radius 3 is 1.77 bits per heavy atom. The van der Waals surface area contributed by atoms with E-state index >= 15 is 0 Å². The van der Waals surface area contributed by atoms with Crippen LogP contribution in [0.2, 0.25) is 0 Å². The molecule has 11 aliphatic rings. The predicted molar refractivity (Wildman–Crippen MR) is 385 cm³/mol. The molecule has 11 aliphatic carbocycles. The molecule has 0 nitrogen and oxygen atoms in total. The SMILES string of the molecule is CCC(C(C)C)C1CC(C)C(C)C2C(C)C(C(C)C(C)(C)C)C(C)C3(C)C2CCCC(C2C(I)C([C@@H](C)CC)C23)C2(C)C3C4CC3C2(I)CC(C)C(C)C(C)CC(I)C2(C3CC(CC(C)(C)CC)C3)C(C)C(C)(C)C2(C)C(C)(C)CCC14. The van der Waals surface area contributed by atoms with Gasteiger partial charge in [0, 0.05) is 11.3 Å². The Hall–Kier alpha value is 2.19. The maximum Gasteiger partial charge on any atom is 0.0315 e. The van der Waals surface area contributed by atoms with E-state index in [2.05, 4.69) is 255 Å². The third-order valence-electron chi connectivity index (χ3n) is 34.2. The van der Waals surface area contributed by atoms with Crippen LogP contribution in [0.1, 0.15) is 283 Å². The zero-order valence-corrected chi connectivity index (χ0v) is 65.9. The molecule has 0 aliphatic heterocycles. The van der Waals surface area contributed by atoms with E-state index in [1.807, 2.05) is 0 Å². The molecule has 11 fully saturated rings. The summed E-state index contributed by atoms with van der Waals surface area (Å²) in [5.41, 5.74) is 2.60. The van der Waals surface area contributed by atoms with Crippen molar-refractivity contribution in [3.05, 3.63) is 0 Å². The first-order valence-corrected chi connectivity index (χ1v) is 40.3. The van der Waals surface area contributed by atoms with E-state index < -0.39 is 0 Å². The van der Waals surface area contributed by atoms with E-state index in [9.17, 15) is 0 Å². The van der Waals surface area contributed by atoms with Crippen LogP contribution >= 0.6 is 67.8 Å². The van der Waals surface area contributed by atoms with Crippen LogP contribution < -0.4 is 0 Å². The molecule has 3 heteroatoms. The molecule has 0 heterocycles. The van der Waals surface area contributed by atoms with Gasteiger partial charge in [-0.1, -0.05) is 280 Å². The van der Waals surface area contributed by atoms with Gasteiger partial charge < -0.3 is 0 Å². The first-order chi connectivity index (χ1) is 37.7. The van der Waals surface area contributed by atoms with Crippen molar-refractivity contribution in [3.8, 4) is 0 Å². The van der Waals surface area contributed by atoms with Crippen molar-refractivity contribution in [1.29, 1.82) is 0 Å². The lowest BCUT2D eigenvalue weighted by molar-refractivity contribution is -0.336. The quantitative estimate of drug-likeness (QED) is 0.151. The highest BCUT2D eigenvalue weighted by Crippen LogP contribution is 2.87. The third-order valence-corrected chi connectivity index (χ3v) is 39.8. The molecule has 0 saturated heterocycles. The number of hydrogen-bond donors (Lipinski definition) is 0. The predicted octanol–water partition coefficient (Wildman–Crippen LogP) is 25.2. The number of fused-ring (bicyclic) bond motifs is 12. The Bertz CT molecular complexity index is 2210. The van der Waals surface area contributed by atoms with E-state index in [0.717, 1.165) is 152 Å². The lowest BCUT2D eigenvalue weighted by Gasteiger charge is -2.83. The fourth-order valence-electron chi connectivity index (χ4n) is 27.7. The van der Waals surface area contributed by atoms with Crippen molar-refractivity contribution >= 4 is 67.8 Å². The largest absolute Gasteiger partial charge is 0.0820 e. The van der Waals surface area contributed by atoms with Gasteiger partial charge in [0.15, 0.2) is 0 Å². The van der Waals surface area contributed by atoms with Gasteiger partial charge in [-0.15, -0.1) is 0 Å². The summed E-state index contributed by atoms with van der Waals surface area (Å²) in [6, 6.07) is 0. The van der Waals surface area contributed by atoms with Gasteiger partial charge in [0.1, 0.15) is 0 Å². The second kappa shape index (κ2) is 23.3. The van der Waals surface area contributed by atoms with Crippen LogP contribution in [0.25, 0.3) is 0 Å². The zero-order chi connectivity index (χ0) is 61.3. The summed E-state index contributed by atoms with van der Waals surface area (Å²) in [5.74, 6) is 20.7. The molecule has 30 atom stereocenters. The molecule has 476 valence electrons. The summed E-state index contributed by atoms with van der Waals surface area (Å²) >= 11 is 9.78. The average Bonchev–Trinajstić information content (AvgIpc) is 3.56. The molecule has 0 radical (unpaired) electrons. The van der Waals surface area contributed by atoms with Gasteiger partial charge in [-0.05, 0) is 268 Å². The molecule has 0 aromatic carbocycles. The third kappa shape index (κ3) is 9.63. The minimum atomic E-state index is 0.229. The number of hydrogen-bond acceptors (Lipinski definition) is 0. The lowest BCUT2D eigenvalue weighted by Crippen LogP contribution is -2.80. The minimum absolute atomic E-state index is 0.229. The van der Waals surface area contributed by atoms with E-state index in [1.54, 1.807) is 0 Å². The molecule has 29 unspecified atom stereocenters. The number of alkyl halides is 3. The standard InChI is InChI=1S/C79H139I3/c1-28-44(6)64-69-67(70(64)81)61-33-31-32-60-65(50(12)66(51(13)71(16,17)18)52(14)75(60,69)25)49(11)45(7)36-58(56(29-2)43(4)5)57-34-35-73(21,22)77(27)74(23,24)53(15)79(77,55-38-54(39-55)42-72(19,20)30-3)63(80)37-46(8)48(10)47(9)41-78(82)62-40-59(57)68(62)76(61,78)26/h43-70H,28-42H2,1-27H3/t44-,45?,46?,47?,48?,49?,50?,51?,52?,53?,54?,55?,56?,57?,58?,59?,60?,61?,62?,63?,64?,65?,66?,67?,68?,69?,70?,75?,76?,77?,78?,79?/m0/s1. The van der Waals surface area contributed by atoms with Gasteiger partial charge >= 0.3 is 0 Å². The molecule has 0 spiro atoms. The summed E-state index contributed by atoms with van der Waals surface area (Å²) in [6.07, 6.45) is 21.6. The summed E-state index contributed by atoms with van der Waals surface area (Å²) in [4.78, 5) is 0. The first kappa shape index (κ1) is 68.6. The first-order valence-electron chi connectivity index (χ1n) is 36.7. The van der Waals surface area contributed by atoms with Gasteiger partial charge in [-0.25, -0.2) is 0 Å². The Balaban J connectivity index is 1.27. The van der Waals surface area contributed by atoms with Gasteiger partial charge in [-0.3, -0.25) is 0 Å². The highest BCUT2D eigenvalue weighted by Gasteiger charge is 2.82. The second-order valence-electron chi connectivity index (χ2n) is 38.3. The highest BCUT2D eigenvalue weighted by molar-refractivity contribution is 14.1. The van der Waals surface area contributed by atoms with Crippen LogP contribution in [-0.2, 0) is 0 Å². The van der Waals surface area contributed by atoms with Crippen LogP contribution in [0, 0.1) is 197 Å².